The van der Waals surface area contributed by atoms with Crippen LogP contribution in [0.3, 0.4) is 0 Å². The van der Waals surface area contributed by atoms with Gasteiger partial charge in [-0.15, -0.1) is 0 Å². The molecule has 0 spiro atoms. The van der Waals surface area contributed by atoms with Crippen molar-refractivity contribution in [1.82, 2.24) is 5.32 Å². The maximum Gasteiger partial charge on any atom is 1.00 e. The van der Waals surface area contributed by atoms with Gasteiger partial charge in [-0.1, -0.05) is 0 Å². The summed E-state index contributed by atoms with van der Waals surface area (Å²) in [7, 11) is -5.36. The van der Waals surface area contributed by atoms with E-state index in [-0.39, 0.29) is 48.3 Å². The number of hydrogen-bond acceptors (Lipinski definition) is 10. The third-order valence-corrected chi connectivity index (χ3v) is 5.46. The van der Waals surface area contributed by atoms with Gasteiger partial charge in [-0.25, -0.2) is 0 Å². The maximum atomic E-state index is 12.5. The molecule has 12 nitrogen and oxygen atoms in total. The number of nitrogens with one attached hydrogen (secondary N) is 1. The molecule has 1 saturated carbocycles. The van der Waals surface area contributed by atoms with E-state index in [1.807, 2.05) is 0 Å². The van der Waals surface area contributed by atoms with Crippen LogP contribution in [0.15, 0.2) is 6.07 Å². The van der Waals surface area contributed by atoms with Gasteiger partial charge in [0.25, 0.3) is 13.7 Å². The minimum absolute atomic E-state index is 0. The minimum Gasteiger partial charge on any atom is -0.756 e. The van der Waals surface area contributed by atoms with E-state index in [1.54, 1.807) is 0 Å². The second kappa shape index (κ2) is 7.18. The van der Waals surface area contributed by atoms with Crippen LogP contribution in [0.5, 0.6) is 17.2 Å². The van der Waals surface area contributed by atoms with Crippen LogP contribution in [-0.2, 0) is 9.09 Å². The molecule has 28 heavy (non-hydrogen) atoms. The van der Waals surface area contributed by atoms with Gasteiger partial charge in [0, 0.05) is 5.92 Å². The van der Waals surface area contributed by atoms with E-state index >= 15 is 0 Å². The number of ether oxygens (including phenoxy) is 2. The van der Waals surface area contributed by atoms with Gasteiger partial charge in [0.15, 0.2) is 11.5 Å². The van der Waals surface area contributed by atoms with E-state index < -0.39 is 55.9 Å². The molecule has 2 heterocycles. The third kappa shape index (κ3) is 3.21. The summed E-state index contributed by atoms with van der Waals surface area (Å²) in [6.45, 7) is -0.207. The van der Waals surface area contributed by atoms with Gasteiger partial charge in [-0.3, -0.25) is 9.36 Å². The van der Waals surface area contributed by atoms with E-state index in [0.29, 0.717) is 0 Å². The number of hydrogen-bond donors (Lipinski definition) is 6. The molecule has 0 radical (unpaired) electrons. The predicted octanol–water partition coefficient (Wildman–Crippen LogP) is -5.74. The number of aromatic hydroxyl groups is 1. The molecule has 1 fully saturated rings. The van der Waals surface area contributed by atoms with Gasteiger partial charge in [0.2, 0.25) is 12.5 Å². The van der Waals surface area contributed by atoms with Crippen molar-refractivity contribution in [3.8, 4) is 17.2 Å². The summed E-state index contributed by atoms with van der Waals surface area (Å²) in [5, 5.41) is 43.4. The Balaban J connectivity index is 0.00000225. The fraction of sp³-hybridized carbons (Fsp3) is 0.500. The first-order valence-corrected chi connectivity index (χ1v) is 9.32. The number of aliphatic hydroxyl groups is 3. The Labute approximate surface area is 169 Å². The molecule has 148 valence electrons. The number of phenolic OH excluding ortho intramolecular Hbond substituents is 1. The Hall–Kier alpha value is -1.32. The molecule has 14 heteroatoms. The number of aliphatic hydroxyl groups excluding tert-OH is 3. The average molecular weight is 411 g/mol. The maximum absolute atomic E-state index is 12.5. The van der Waals surface area contributed by atoms with Crippen LogP contribution in [0.25, 0.3) is 0 Å². The van der Waals surface area contributed by atoms with Crippen LogP contribution in [0.2, 0.25) is 0 Å². The smallest absolute Gasteiger partial charge is 0.756 e. The zero-order valence-corrected chi connectivity index (χ0v) is 15.3. The van der Waals surface area contributed by atoms with E-state index in [1.165, 1.54) is 6.07 Å². The Morgan fingerprint density at radius 3 is 2.54 bits per heavy atom. The van der Waals surface area contributed by atoms with Gasteiger partial charge in [-0.2, -0.15) is 0 Å². The van der Waals surface area contributed by atoms with Gasteiger partial charge in [-0.05, 0) is 11.6 Å². The molecule has 2 aliphatic heterocycles. The summed E-state index contributed by atoms with van der Waals surface area (Å²) in [6.07, 6.45) is -7.24. The quantitative estimate of drug-likeness (QED) is 0.200. The molecule has 1 unspecified atom stereocenters. The normalized spacial score (nSPS) is 35.1. The monoisotopic (exact) mass is 411 g/mol. The van der Waals surface area contributed by atoms with E-state index in [0.717, 1.165) is 0 Å². The molecule has 0 bridgehead atoms. The van der Waals surface area contributed by atoms with Crippen LogP contribution in [-0.4, -0.2) is 68.5 Å². The van der Waals surface area contributed by atoms with Crippen molar-refractivity contribution in [2.24, 2.45) is 0 Å². The van der Waals surface area contributed by atoms with Crippen LogP contribution >= 0.6 is 7.82 Å². The van der Waals surface area contributed by atoms with Gasteiger partial charge < -0.3 is 49.5 Å². The molecule has 1 aromatic rings. The SMILES string of the molecule is O=C1N[C@H]2[C@H](OP(=O)([O-])O)[C@H](O)[C@@H](O)[C@H](O)[C@@H]2c2cc3c(c(O)c21)OCO3.[Li+]. The van der Waals surface area contributed by atoms with E-state index in [4.69, 9.17) is 14.4 Å². The van der Waals surface area contributed by atoms with Crippen molar-refractivity contribution in [2.45, 2.75) is 36.4 Å². The second-order valence-electron chi connectivity index (χ2n) is 6.46. The number of phosphoric acid groups is 1. The first kappa shape index (κ1) is 21.4. The predicted molar refractivity (Wildman–Crippen MR) is 80.9 cm³/mol. The van der Waals surface area contributed by atoms with Crippen molar-refractivity contribution in [3.05, 3.63) is 17.2 Å². The third-order valence-electron chi connectivity index (χ3n) is 4.95. The molecule has 0 saturated heterocycles. The van der Waals surface area contributed by atoms with Crippen LogP contribution in [0.1, 0.15) is 21.8 Å². The number of phosphoric ester groups is 1. The largest absolute Gasteiger partial charge is 1.00 e. The molecule has 1 amide bonds. The number of carbonyl (C=O) groups excluding carboxylic acids is 1. The van der Waals surface area contributed by atoms with Crippen molar-refractivity contribution in [3.63, 3.8) is 0 Å². The minimum atomic E-state index is -5.36. The molecule has 0 aromatic heterocycles. The Morgan fingerprint density at radius 1 is 1.21 bits per heavy atom. The number of rotatable bonds is 2. The van der Waals surface area contributed by atoms with Crippen LogP contribution in [0, 0.1) is 0 Å². The van der Waals surface area contributed by atoms with Gasteiger partial charge in [0.1, 0.15) is 18.3 Å². The van der Waals surface area contributed by atoms with Crippen LogP contribution in [0.4, 0.5) is 0 Å². The fourth-order valence-corrected chi connectivity index (χ4v) is 4.40. The van der Waals surface area contributed by atoms with Crippen LogP contribution < -0.4 is 38.5 Å². The van der Waals surface area contributed by atoms with Gasteiger partial charge >= 0.3 is 18.9 Å². The summed E-state index contributed by atoms with van der Waals surface area (Å²) < 4.78 is 25.9. The fourth-order valence-electron chi connectivity index (χ4n) is 3.84. The Bertz CT molecular complexity index is 860. The van der Waals surface area contributed by atoms with E-state index in [9.17, 15) is 34.7 Å². The van der Waals surface area contributed by atoms with Crippen molar-refractivity contribution >= 4 is 13.7 Å². The Kier molecular flexibility index (Phi) is 5.48. The van der Waals surface area contributed by atoms with Crippen molar-refractivity contribution in [2.75, 3.05) is 6.79 Å². The summed E-state index contributed by atoms with van der Waals surface area (Å²) in [4.78, 5) is 32.7. The van der Waals surface area contributed by atoms with E-state index in [2.05, 4.69) is 9.84 Å². The average Bonchev–Trinajstić information content (AvgIpc) is 3.04. The summed E-state index contributed by atoms with van der Waals surface area (Å²) in [6, 6.07) is -0.0265. The summed E-state index contributed by atoms with van der Waals surface area (Å²) >= 11 is 0. The first-order chi connectivity index (χ1) is 12.6. The molecule has 1 aromatic carbocycles. The molecule has 7 atom stereocenters. The van der Waals surface area contributed by atoms with Crippen molar-refractivity contribution in [1.29, 1.82) is 0 Å². The molecular formula is C14H15LiNO11P. The number of benzene rings is 1. The second-order valence-corrected chi connectivity index (χ2v) is 7.61. The summed E-state index contributed by atoms with van der Waals surface area (Å²) in [5.41, 5.74) is -0.215. The topological polar surface area (TPSA) is 198 Å². The van der Waals surface area contributed by atoms with Gasteiger partial charge in [0.05, 0.1) is 17.7 Å². The Morgan fingerprint density at radius 2 is 1.89 bits per heavy atom. The number of carbonyl (C=O) groups is 1. The zero-order valence-electron chi connectivity index (χ0n) is 14.4. The zero-order chi connectivity index (χ0) is 19.7. The van der Waals surface area contributed by atoms with Crippen molar-refractivity contribution < 1.29 is 72.4 Å². The summed E-state index contributed by atoms with van der Waals surface area (Å²) in [5.74, 6) is -2.57. The molecule has 4 rings (SSSR count). The molecular weight excluding hydrogens is 396 g/mol. The molecule has 3 aliphatic rings. The number of fused-ring (bicyclic) bond motifs is 4. The first-order valence-electron chi connectivity index (χ1n) is 7.83. The number of phenols is 1. The standard InChI is InChI=1S/C14H16NO11P.Li/c16-8-5-3-1-4-12(25-2-24-4)9(17)6(3)14(20)15-7(5)13(11(19)10(8)18)26-27(21,22)23;/h1,5,7-8,10-11,13,16-19H,2H2,(H,15,20)(H2,21,22,23);/q;+1/p-1/t5-,7-,8-,10+,11-,13+;/m1./s1. The molecule has 1 aliphatic carbocycles. The number of amides is 1. The molecule has 6 N–H and O–H groups in total.